The predicted octanol–water partition coefficient (Wildman–Crippen LogP) is 5.68. The van der Waals surface area contributed by atoms with Gasteiger partial charge in [-0.2, -0.15) is 0 Å². The summed E-state index contributed by atoms with van der Waals surface area (Å²) >= 11 is 0. The van der Waals surface area contributed by atoms with Crippen LogP contribution in [0, 0.1) is 5.92 Å². The van der Waals surface area contributed by atoms with Gasteiger partial charge >= 0.3 is 0 Å². The van der Waals surface area contributed by atoms with Gasteiger partial charge in [0.05, 0.1) is 23.9 Å². The minimum atomic E-state index is -0.559. The zero-order chi connectivity index (χ0) is 26.6. The molecular formula is C33H39N3O2. The normalized spacial score (nSPS) is 25.5. The number of hydrogen-bond donors (Lipinski definition) is 0. The van der Waals surface area contributed by atoms with E-state index in [4.69, 9.17) is 4.74 Å². The average molecular weight is 510 g/mol. The molecule has 0 N–H and O–H groups in total. The van der Waals surface area contributed by atoms with Crippen LogP contribution in [0.3, 0.4) is 0 Å². The van der Waals surface area contributed by atoms with Gasteiger partial charge in [0, 0.05) is 38.2 Å². The topological polar surface area (TPSA) is 36.0 Å². The van der Waals surface area contributed by atoms with Crippen LogP contribution in [-0.2, 0) is 10.2 Å². The van der Waals surface area contributed by atoms with Gasteiger partial charge < -0.3 is 14.5 Å². The van der Waals surface area contributed by atoms with Crippen molar-refractivity contribution in [2.45, 2.75) is 50.1 Å². The fourth-order valence-electron chi connectivity index (χ4n) is 7.49. The SMILES string of the molecule is COc1cc2c(cc1N(C)[C@H]1C3CCN(CC3)[C@H]1C(c1ccccc1)c1ccccc1)C(C)(C)C(=O)N2C. The van der Waals surface area contributed by atoms with Gasteiger partial charge in [0.1, 0.15) is 5.75 Å². The number of carbonyl (C=O) groups is 1. The summed E-state index contributed by atoms with van der Waals surface area (Å²) in [4.78, 5) is 20.1. The summed E-state index contributed by atoms with van der Waals surface area (Å²) in [6, 6.07) is 27.0. The number of hydrogen-bond acceptors (Lipinski definition) is 4. The zero-order valence-corrected chi connectivity index (χ0v) is 23.2. The second kappa shape index (κ2) is 9.46. The average Bonchev–Trinajstić information content (AvgIpc) is 3.13. The molecule has 7 rings (SSSR count). The Kier molecular flexibility index (Phi) is 6.22. The number of fused-ring (bicyclic) bond motifs is 4. The summed E-state index contributed by atoms with van der Waals surface area (Å²) in [5, 5.41) is 0. The number of likely N-dealkylation sites (N-methyl/N-ethyl adjacent to an activating group) is 2. The van der Waals surface area contributed by atoms with Crippen LogP contribution in [-0.4, -0.2) is 57.2 Å². The largest absolute Gasteiger partial charge is 0.495 e. The first-order valence-corrected chi connectivity index (χ1v) is 13.9. The highest BCUT2D eigenvalue weighted by Crippen LogP contribution is 2.49. The molecule has 0 aromatic heterocycles. The molecule has 4 aliphatic heterocycles. The van der Waals surface area contributed by atoms with E-state index in [9.17, 15) is 4.79 Å². The van der Waals surface area contributed by atoms with Crippen molar-refractivity contribution in [3.05, 3.63) is 89.5 Å². The highest BCUT2D eigenvalue weighted by Gasteiger charge is 2.49. The lowest BCUT2D eigenvalue weighted by atomic mass is 9.70. The third kappa shape index (κ3) is 3.82. The van der Waals surface area contributed by atoms with Gasteiger partial charge in [-0.3, -0.25) is 9.69 Å². The summed E-state index contributed by atoms with van der Waals surface area (Å²) in [7, 11) is 5.85. The Morgan fingerprint density at radius 1 is 0.947 bits per heavy atom. The van der Waals surface area contributed by atoms with E-state index in [1.165, 1.54) is 24.0 Å². The number of anilines is 2. The van der Waals surface area contributed by atoms with Crippen LogP contribution in [0.25, 0.3) is 0 Å². The Labute approximate surface area is 227 Å². The minimum Gasteiger partial charge on any atom is -0.495 e. The van der Waals surface area contributed by atoms with Gasteiger partial charge in [-0.15, -0.1) is 0 Å². The lowest BCUT2D eigenvalue weighted by molar-refractivity contribution is -0.121. The molecule has 3 saturated heterocycles. The molecule has 0 spiro atoms. The number of rotatable bonds is 6. The van der Waals surface area contributed by atoms with E-state index in [-0.39, 0.29) is 11.8 Å². The van der Waals surface area contributed by atoms with E-state index in [0.29, 0.717) is 18.0 Å². The molecule has 0 aliphatic carbocycles. The molecule has 4 aliphatic rings. The van der Waals surface area contributed by atoms with Crippen LogP contribution in [0.4, 0.5) is 11.4 Å². The van der Waals surface area contributed by atoms with Crippen LogP contribution >= 0.6 is 0 Å². The van der Waals surface area contributed by atoms with E-state index in [0.717, 1.165) is 35.8 Å². The fourth-order valence-corrected chi connectivity index (χ4v) is 7.49. The standard InChI is InChI=1S/C33H39N3O2/c1-33(2)25-20-27(28(38-5)21-26(25)35(4)32(33)37)34(3)30-24-16-18-36(19-17-24)31(30)29(22-12-8-6-9-13-22)23-14-10-7-11-15-23/h6-15,20-21,24,29-31H,16-19H2,1-5H3/t30-,31-/m0/s1. The smallest absolute Gasteiger partial charge is 0.236 e. The van der Waals surface area contributed by atoms with Crippen molar-refractivity contribution in [2.75, 3.05) is 44.1 Å². The third-order valence-electron chi connectivity index (χ3n) is 9.49. The van der Waals surface area contributed by atoms with Crippen molar-refractivity contribution >= 4 is 17.3 Å². The minimum absolute atomic E-state index is 0.128. The molecule has 2 bridgehead atoms. The Bertz CT molecular complexity index is 1280. The van der Waals surface area contributed by atoms with E-state index >= 15 is 0 Å². The van der Waals surface area contributed by atoms with Crippen molar-refractivity contribution < 1.29 is 9.53 Å². The molecule has 0 unspecified atom stereocenters. The summed E-state index contributed by atoms with van der Waals surface area (Å²) < 4.78 is 5.99. The quantitative estimate of drug-likeness (QED) is 0.428. The van der Waals surface area contributed by atoms with Crippen LogP contribution < -0.4 is 14.5 Å². The molecule has 3 aromatic carbocycles. The first-order chi connectivity index (χ1) is 18.3. The maximum Gasteiger partial charge on any atom is 0.236 e. The Hall–Kier alpha value is -3.31. The van der Waals surface area contributed by atoms with Gasteiger partial charge in [-0.05, 0) is 68.5 Å². The monoisotopic (exact) mass is 509 g/mol. The third-order valence-corrected chi connectivity index (χ3v) is 9.49. The predicted molar refractivity (Wildman–Crippen MR) is 154 cm³/mol. The molecule has 4 heterocycles. The van der Waals surface area contributed by atoms with Gasteiger partial charge in [-0.1, -0.05) is 60.7 Å². The second-order valence-corrected chi connectivity index (χ2v) is 11.8. The fraction of sp³-hybridized carbons (Fsp3) is 0.424. The molecule has 38 heavy (non-hydrogen) atoms. The Morgan fingerprint density at radius 3 is 2.08 bits per heavy atom. The van der Waals surface area contributed by atoms with Gasteiger partial charge in [0.15, 0.2) is 0 Å². The summed E-state index contributed by atoms with van der Waals surface area (Å²) in [6.45, 7) is 6.35. The molecule has 198 valence electrons. The molecule has 5 heteroatoms. The van der Waals surface area contributed by atoms with Gasteiger partial charge in [0.25, 0.3) is 0 Å². The first-order valence-electron chi connectivity index (χ1n) is 13.9. The van der Waals surface area contributed by atoms with Crippen molar-refractivity contribution in [1.29, 1.82) is 0 Å². The molecule has 2 atom stereocenters. The first kappa shape index (κ1) is 25.0. The number of benzene rings is 3. The van der Waals surface area contributed by atoms with E-state index < -0.39 is 5.41 Å². The lowest BCUT2D eigenvalue weighted by Gasteiger charge is -2.57. The number of piperidine rings is 3. The van der Waals surface area contributed by atoms with Crippen molar-refractivity contribution in [3.8, 4) is 5.75 Å². The number of ether oxygens (including phenoxy) is 1. The highest BCUT2D eigenvalue weighted by molar-refractivity contribution is 6.08. The second-order valence-electron chi connectivity index (χ2n) is 11.8. The zero-order valence-electron chi connectivity index (χ0n) is 23.2. The lowest BCUT2D eigenvalue weighted by Crippen LogP contribution is -2.65. The molecule has 3 aromatic rings. The molecular weight excluding hydrogens is 470 g/mol. The van der Waals surface area contributed by atoms with Gasteiger partial charge in [-0.25, -0.2) is 0 Å². The van der Waals surface area contributed by atoms with E-state index in [2.05, 4.69) is 89.6 Å². The number of amides is 1. The van der Waals surface area contributed by atoms with Crippen LogP contribution in [0.1, 0.15) is 49.3 Å². The highest BCUT2D eigenvalue weighted by atomic mass is 16.5. The van der Waals surface area contributed by atoms with Crippen molar-refractivity contribution in [2.24, 2.45) is 5.92 Å². The molecule has 0 saturated carbocycles. The van der Waals surface area contributed by atoms with E-state index in [1.807, 2.05) is 20.9 Å². The van der Waals surface area contributed by atoms with Gasteiger partial charge in [0.2, 0.25) is 5.91 Å². The molecule has 5 nitrogen and oxygen atoms in total. The van der Waals surface area contributed by atoms with Crippen LogP contribution in [0.5, 0.6) is 5.75 Å². The summed E-state index contributed by atoms with van der Waals surface area (Å²) in [5.74, 6) is 1.82. The van der Waals surface area contributed by atoms with E-state index in [1.54, 1.807) is 12.0 Å². The molecule has 1 amide bonds. The summed E-state index contributed by atoms with van der Waals surface area (Å²) in [6.07, 6.45) is 2.42. The Balaban J connectivity index is 1.48. The Morgan fingerprint density at radius 2 is 1.53 bits per heavy atom. The molecule has 0 radical (unpaired) electrons. The van der Waals surface area contributed by atoms with Crippen LogP contribution in [0.15, 0.2) is 72.8 Å². The maximum absolute atomic E-state index is 13.1. The number of methoxy groups -OCH3 is 1. The summed E-state index contributed by atoms with van der Waals surface area (Å²) in [5.41, 5.74) is 5.27. The molecule has 3 fully saturated rings. The van der Waals surface area contributed by atoms with Crippen molar-refractivity contribution in [3.63, 3.8) is 0 Å². The number of carbonyl (C=O) groups excluding carboxylic acids is 1. The van der Waals surface area contributed by atoms with Crippen molar-refractivity contribution in [1.82, 2.24) is 4.90 Å². The van der Waals surface area contributed by atoms with Crippen LogP contribution in [0.2, 0.25) is 0 Å². The maximum atomic E-state index is 13.1. The number of nitrogens with zero attached hydrogens (tertiary/aromatic N) is 3.